The molecule has 0 saturated heterocycles. The van der Waals surface area contributed by atoms with Gasteiger partial charge in [-0.25, -0.2) is 0 Å². The fourth-order valence-corrected chi connectivity index (χ4v) is 1.62. The standard InChI is InChI=1S/C12H24N4/c1-11-12(10-14-16(11)4)9-13-7-5-6-8-15(2)3/h10,13H,5-9H2,1-4H3. The summed E-state index contributed by atoms with van der Waals surface area (Å²) in [6.45, 7) is 5.30. The Labute approximate surface area is 98.6 Å². The Kier molecular flexibility index (Phi) is 5.49. The average Bonchev–Trinajstić information content (AvgIpc) is 2.54. The Bertz CT molecular complexity index is 304. The Morgan fingerprint density at radius 2 is 2.12 bits per heavy atom. The summed E-state index contributed by atoms with van der Waals surface area (Å²) in [5.41, 5.74) is 2.55. The molecule has 0 spiro atoms. The smallest absolute Gasteiger partial charge is 0.0537 e. The van der Waals surface area contributed by atoms with Crippen molar-refractivity contribution in [3.8, 4) is 0 Å². The highest BCUT2D eigenvalue weighted by Crippen LogP contribution is 2.04. The fourth-order valence-electron chi connectivity index (χ4n) is 1.62. The number of hydrogen-bond acceptors (Lipinski definition) is 3. The van der Waals surface area contributed by atoms with Gasteiger partial charge >= 0.3 is 0 Å². The molecule has 0 aromatic carbocycles. The molecule has 0 radical (unpaired) electrons. The van der Waals surface area contributed by atoms with E-state index < -0.39 is 0 Å². The first kappa shape index (κ1) is 13.2. The lowest BCUT2D eigenvalue weighted by Gasteiger charge is -2.09. The molecule has 0 aliphatic carbocycles. The van der Waals surface area contributed by atoms with Crippen LogP contribution in [0.5, 0.6) is 0 Å². The van der Waals surface area contributed by atoms with E-state index in [1.54, 1.807) is 0 Å². The van der Waals surface area contributed by atoms with Gasteiger partial charge in [0.2, 0.25) is 0 Å². The van der Waals surface area contributed by atoms with E-state index in [9.17, 15) is 0 Å². The van der Waals surface area contributed by atoms with Gasteiger partial charge in [0.25, 0.3) is 0 Å². The van der Waals surface area contributed by atoms with Gasteiger partial charge in [0.15, 0.2) is 0 Å². The molecule has 0 bridgehead atoms. The lowest BCUT2D eigenvalue weighted by atomic mass is 10.2. The number of nitrogens with one attached hydrogen (secondary N) is 1. The van der Waals surface area contributed by atoms with E-state index in [1.807, 2.05) is 17.9 Å². The van der Waals surface area contributed by atoms with Gasteiger partial charge in [-0.1, -0.05) is 0 Å². The summed E-state index contributed by atoms with van der Waals surface area (Å²) >= 11 is 0. The molecule has 1 aromatic rings. The molecule has 4 nitrogen and oxygen atoms in total. The third-order valence-corrected chi connectivity index (χ3v) is 2.86. The van der Waals surface area contributed by atoms with Crippen LogP contribution in [-0.4, -0.2) is 41.9 Å². The minimum atomic E-state index is 0.932. The number of nitrogens with zero attached hydrogens (tertiary/aromatic N) is 3. The monoisotopic (exact) mass is 224 g/mol. The van der Waals surface area contributed by atoms with Gasteiger partial charge in [0.05, 0.1) is 6.20 Å². The summed E-state index contributed by atoms with van der Waals surface area (Å²) in [5.74, 6) is 0. The van der Waals surface area contributed by atoms with Gasteiger partial charge in [-0.05, 0) is 47.0 Å². The second-order valence-corrected chi connectivity index (χ2v) is 4.57. The summed E-state index contributed by atoms with van der Waals surface area (Å²) in [5, 5.41) is 7.68. The molecule has 16 heavy (non-hydrogen) atoms. The van der Waals surface area contributed by atoms with Crippen LogP contribution < -0.4 is 5.32 Å². The molecule has 0 saturated carbocycles. The van der Waals surface area contributed by atoms with Crippen LogP contribution in [0, 0.1) is 6.92 Å². The van der Waals surface area contributed by atoms with E-state index in [-0.39, 0.29) is 0 Å². The van der Waals surface area contributed by atoms with Crippen LogP contribution in [-0.2, 0) is 13.6 Å². The second-order valence-electron chi connectivity index (χ2n) is 4.57. The SMILES string of the molecule is Cc1c(CNCCCCN(C)C)cnn1C. The van der Waals surface area contributed by atoms with Crippen molar-refractivity contribution >= 4 is 0 Å². The van der Waals surface area contributed by atoms with Crippen molar-refractivity contribution in [2.45, 2.75) is 26.3 Å². The van der Waals surface area contributed by atoms with E-state index in [0.717, 1.165) is 13.1 Å². The van der Waals surface area contributed by atoms with Crippen molar-refractivity contribution < 1.29 is 0 Å². The zero-order valence-corrected chi connectivity index (χ0v) is 11.0. The van der Waals surface area contributed by atoms with E-state index in [4.69, 9.17) is 0 Å². The largest absolute Gasteiger partial charge is 0.313 e. The molecule has 0 fully saturated rings. The minimum Gasteiger partial charge on any atom is -0.313 e. The highest BCUT2D eigenvalue weighted by atomic mass is 15.3. The zero-order chi connectivity index (χ0) is 12.0. The first-order valence-corrected chi connectivity index (χ1v) is 5.94. The maximum atomic E-state index is 4.22. The number of rotatable bonds is 7. The van der Waals surface area contributed by atoms with E-state index in [2.05, 4.69) is 36.3 Å². The van der Waals surface area contributed by atoms with Gasteiger partial charge in [-0.3, -0.25) is 4.68 Å². The first-order chi connectivity index (χ1) is 7.61. The van der Waals surface area contributed by atoms with E-state index in [0.29, 0.717) is 0 Å². The van der Waals surface area contributed by atoms with Crippen LogP contribution in [0.15, 0.2) is 6.20 Å². The maximum absolute atomic E-state index is 4.22. The molecule has 0 aliphatic rings. The molecule has 4 heteroatoms. The van der Waals surface area contributed by atoms with Crippen LogP contribution in [0.1, 0.15) is 24.1 Å². The van der Waals surface area contributed by atoms with Crippen LogP contribution in [0.3, 0.4) is 0 Å². The minimum absolute atomic E-state index is 0.932. The normalized spacial score (nSPS) is 11.3. The molecule has 92 valence electrons. The third-order valence-electron chi connectivity index (χ3n) is 2.86. The van der Waals surface area contributed by atoms with Gasteiger partial charge in [0.1, 0.15) is 0 Å². The summed E-state index contributed by atoms with van der Waals surface area (Å²) in [7, 11) is 6.22. The lowest BCUT2D eigenvalue weighted by Crippen LogP contribution is -2.18. The van der Waals surface area contributed by atoms with Gasteiger partial charge in [0, 0.05) is 24.8 Å². The Morgan fingerprint density at radius 1 is 1.38 bits per heavy atom. The summed E-state index contributed by atoms with van der Waals surface area (Å²) in [6, 6.07) is 0. The zero-order valence-electron chi connectivity index (χ0n) is 11.0. The molecular formula is C12H24N4. The van der Waals surface area contributed by atoms with Crippen molar-refractivity contribution in [2.24, 2.45) is 7.05 Å². The highest BCUT2D eigenvalue weighted by molar-refractivity contribution is 5.15. The Hall–Kier alpha value is -0.870. The predicted molar refractivity (Wildman–Crippen MR) is 67.4 cm³/mol. The van der Waals surface area contributed by atoms with Gasteiger partial charge < -0.3 is 10.2 Å². The van der Waals surface area contributed by atoms with Crippen molar-refractivity contribution in [1.29, 1.82) is 0 Å². The number of aromatic nitrogens is 2. The van der Waals surface area contributed by atoms with Gasteiger partial charge in [-0.2, -0.15) is 5.10 Å². The van der Waals surface area contributed by atoms with Crippen molar-refractivity contribution in [2.75, 3.05) is 27.2 Å². The number of aryl methyl sites for hydroxylation is 1. The molecule has 0 amide bonds. The summed E-state index contributed by atoms with van der Waals surface area (Å²) in [4.78, 5) is 2.23. The van der Waals surface area contributed by atoms with Crippen molar-refractivity contribution in [3.63, 3.8) is 0 Å². The van der Waals surface area contributed by atoms with Gasteiger partial charge in [-0.15, -0.1) is 0 Å². The molecular weight excluding hydrogens is 200 g/mol. The Morgan fingerprint density at radius 3 is 2.69 bits per heavy atom. The van der Waals surface area contributed by atoms with E-state index in [1.165, 1.54) is 30.6 Å². The molecule has 1 N–H and O–H groups in total. The van der Waals surface area contributed by atoms with E-state index >= 15 is 0 Å². The molecule has 1 rings (SSSR count). The molecule has 0 unspecified atom stereocenters. The predicted octanol–water partition coefficient (Wildman–Crippen LogP) is 1.16. The Balaban J connectivity index is 2.10. The fraction of sp³-hybridized carbons (Fsp3) is 0.750. The maximum Gasteiger partial charge on any atom is 0.0537 e. The summed E-state index contributed by atoms with van der Waals surface area (Å²) in [6.07, 6.45) is 4.44. The van der Waals surface area contributed by atoms with Crippen molar-refractivity contribution in [1.82, 2.24) is 20.0 Å². The van der Waals surface area contributed by atoms with Crippen LogP contribution in [0.2, 0.25) is 0 Å². The third kappa shape index (κ3) is 4.33. The molecule has 1 heterocycles. The number of unbranched alkanes of at least 4 members (excludes halogenated alkanes) is 1. The summed E-state index contributed by atoms with van der Waals surface area (Å²) < 4.78 is 1.92. The topological polar surface area (TPSA) is 33.1 Å². The highest BCUT2D eigenvalue weighted by Gasteiger charge is 2.01. The molecule has 0 aliphatic heterocycles. The van der Waals surface area contributed by atoms with Crippen LogP contribution >= 0.6 is 0 Å². The average molecular weight is 224 g/mol. The number of hydrogen-bond donors (Lipinski definition) is 1. The first-order valence-electron chi connectivity index (χ1n) is 5.94. The molecule has 1 aromatic heterocycles. The van der Waals surface area contributed by atoms with Crippen LogP contribution in [0.25, 0.3) is 0 Å². The van der Waals surface area contributed by atoms with Crippen molar-refractivity contribution in [3.05, 3.63) is 17.5 Å². The van der Waals surface area contributed by atoms with Crippen LogP contribution in [0.4, 0.5) is 0 Å². The lowest BCUT2D eigenvalue weighted by molar-refractivity contribution is 0.391. The quantitative estimate of drug-likeness (QED) is 0.706. The molecule has 0 atom stereocenters. The second kappa shape index (κ2) is 6.66.